The largest absolute Gasteiger partial charge is 0.508 e. The average Bonchev–Trinajstić information content (AvgIpc) is 2.47. The van der Waals surface area contributed by atoms with Crippen LogP contribution in [0.3, 0.4) is 0 Å². The number of hydrogen-bond acceptors (Lipinski definition) is 2. The predicted octanol–water partition coefficient (Wildman–Crippen LogP) is 5.41. The van der Waals surface area contributed by atoms with Crippen LogP contribution in [0.25, 0.3) is 0 Å². The van der Waals surface area contributed by atoms with E-state index in [0.29, 0.717) is 5.75 Å². The summed E-state index contributed by atoms with van der Waals surface area (Å²) in [5.41, 5.74) is 3.70. The SMILES string of the molecule is CC(C)=CCCC(C)=CCO.CCCCc1ccccc1O. The third kappa shape index (κ3) is 11.2. The zero-order chi connectivity index (χ0) is 16.8. The Morgan fingerprint density at radius 3 is 2.32 bits per heavy atom. The second-order valence-electron chi connectivity index (χ2n) is 5.79. The van der Waals surface area contributed by atoms with Gasteiger partial charge in [-0.1, -0.05) is 54.8 Å². The van der Waals surface area contributed by atoms with Crippen molar-refractivity contribution in [2.45, 2.75) is 59.8 Å². The average molecular weight is 304 g/mol. The van der Waals surface area contributed by atoms with Gasteiger partial charge in [0.05, 0.1) is 6.61 Å². The summed E-state index contributed by atoms with van der Waals surface area (Å²) in [6.07, 6.45) is 9.54. The molecule has 0 fully saturated rings. The van der Waals surface area contributed by atoms with Crippen LogP contribution in [0, 0.1) is 0 Å². The molecule has 0 heterocycles. The fourth-order valence-corrected chi connectivity index (χ4v) is 1.94. The summed E-state index contributed by atoms with van der Waals surface area (Å²) in [5.74, 6) is 0.431. The highest BCUT2D eigenvalue weighted by Gasteiger charge is 1.96. The fraction of sp³-hybridized carbons (Fsp3) is 0.500. The normalized spacial score (nSPS) is 10.7. The summed E-state index contributed by atoms with van der Waals surface area (Å²) in [4.78, 5) is 0. The van der Waals surface area contributed by atoms with E-state index in [2.05, 4.69) is 33.8 Å². The molecule has 0 radical (unpaired) electrons. The Morgan fingerprint density at radius 1 is 1.09 bits per heavy atom. The van der Waals surface area contributed by atoms with Crippen molar-refractivity contribution in [3.63, 3.8) is 0 Å². The molecule has 0 aliphatic heterocycles. The van der Waals surface area contributed by atoms with Crippen molar-refractivity contribution in [3.8, 4) is 5.75 Å². The van der Waals surface area contributed by atoms with E-state index in [-0.39, 0.29) is 6.61 Å². The van der Waals surface area contributed by atoms with Crippen molar-refractivity contribution in [2.75, 3.05) is 6.61 Å². The van der Waals surface area contributed by atoms with E-state index in [1.165, 1.54) is 17.6 Å². The first-order valence-corrected chi connectivity index (χ1v) is 8.18. The minimum atomic E-state index is 0.167. The van der Waals surface area contributed by atoms with Crippen molar-refractivity contribution in [2.24, 2.45) is 0 Å². The van der Waals surface area contributed by atoms with Crippen LogP contribution in [-0.4, -0.2) is 16.8 Å². The number of benzene rings is 1. The number of aromatic hydroxyl groups is 1. The van der Waals surface area contributed by atoms with Crippen LogP contribution in [0.4, 0.5) is 0 Å². The molecule has 0 saturated heterocycles. The highest BCUT2D eigenvalue weighted by molar-refractivity contribution is 5.31. The third-order valence-electron chi connectivity index (χ3n) is 3.32. The van der Waals surface area contributed by atoms with Gasteiger partial charge in [-0.15, -0.1) is 0 Å². The zero-order valence-corrected chi connectivity index (χ0v) is 14.6. The lowest BCUT2D eigenvalue weighted by molar-refractivity contribution is 0.341. The van der Waals surface area contributed by atoms with Crippen LogP contribution in [0.2, 0.25) is 0 Å². The first-order valence-electron chi connectivity index (χ1n) is 8.18. The zero-order valence-electron chi connectivity index (χ0n) is 14.6. The monoisotopic (exact) mass is 304 g/mol. The van der Waals surface area contributed by atoms with Crippen LogP contribution in [0.15, 0.2) is 47.6 Å². The standard InChI is InChI=1S/C10H14O.C10H18O/c1-2-3-6-9-7-4-5-8-10(9)11;1-9(2)5-4-6-10(3)7-8-11/h4-5,7-8,11H,2-3,6H2,1H3;5,7,11H,4,6,8H2,1-3H3. The molecule has 0 saturated carbocycles. The number of aliphatic hydroxyl groups excluding tert-OH is 1. The van der Waals surface area contributed by atoms with E-state index in [1.54, 1.807) is 6.07 Å². The molecule has 1 aromatic carbocycles. The molecule has 0 aromatic heterocycles. The maximum atomic E-state index is 9.34. The molecule has 0 bridgehead atoms. The van der Waals surface area contributed by atoms with Gasteiger partial charge in [-0.05, 0) is 58.1 Å². The molecular weight excluding hydrogens is 272 g/mol. The van der Waals surface area contributed by atoms with E-state index >= 15 is 0 Å². The smallest absolute Gasteiger partial charge is 0.118 e. The van der Waals surface area contributed by atoms with Gasteiger partial charge < -0.3 is 10.2 Å². The summed E-state index contributed by atoms with van der Waals surface area (Å²) in [6.45, 7) is 8.58. The molecule has 0 amide bonds. The summed E-state index contributed by atoms with van der Waals surface area (Å²) < 4.78 is 0. The molecule has 2 heteroatoms. The number of unbranched alkanes of at least 4 members (excludes halogenated alkanes) is 1. The number of phenolic OH excluding ortho intramolecular Hbond substituents is 1. The van der Waals surface area contributed by atoms with Gasteiger partial charge in [0.15, 0.2) is 0 Å². The van der Waals surface area contributed by atoms with Gasteiger partial charge in [-0.25, -0.2) is 0 Å². The van der Waals surface area contributed by atoms with Gasteiger partial charge in [0.25, 0.3) is 0 Å². The van der Waals surface area contributed by atoms with Crippen LogP contribution in [-0.2, 0) is 6.42 Å². The Labute approximate surface area is 136 Å². The Morgan fingerprint density at radius 2 is 1.77 bits per heavy atom. The van der Waals surface area contributed by atoms with Crippen molar-refractivity contribution in [1.29, 1.82) is 0 Å². The molecule has 0 atom stereocenters. The number of hydrogen-bond donors (Lipinski definition) is 2. The summed E-state index contributed by atoms with van der Waals surface area (Å²) in [7, 11) is 0. The van der Waals surface area contributed by atoms with Gasteiger partial charge in [0.1, 0.15) is 5.75 Å². The first-order chi connectivity index (χ1) is 10.5. The van der Waals surface area contributed by atoms with E-state index in [1.807, 2.05) is 24.3 Å². The van der Waals surface area contributed by atoms with E-state index in [4.69, 9.17) is 5.11 Å². The molecule has 0 unspecified atom stereocenters. The number of rotatable bonds is 7. The number of phenols is 1. The van der Waals surface area contributed by atoms with E-state index in [0.717, 1.165) is 31.2 Å². The van der Waals surface area contributed by atoms with Crippen LogP contribution in [0.5, 0.6) is 5.75 Å². The molecule has 0 spiro atoms. The Bertz CT molecular complexity index is 455. The second kappa shape index (κ2) is 13.1. The second-order valence-corrected chi connectivity index (χ2v) is 5.79. The van der Waals surface area contributed by atoms with Gasteiger partial charge in [-0.2, -0.15) is 0 Å². The number of allylic oxidation sites excluding steroid dienone is 3. The lowest BCUT2D eigenvalue weighted by Crippen LogP contribution is -1.83. The van der Waals surface area contributed by atoms with E-state index in [9.17, 15) is 5.11 Å². The van der Waals surface area contributed by atoms with Crippen molar-refractivity contribution in [3.05, 3.63) is 53.1 Å². The molecule has 1 aromatic rings. The highest BCUT2D eigenvalue weighted by Crippen LogP contribution is 2.17. The van der Waals surface area contributed by atoms with Crippen LogP contribution < -0.4 is 0 Å². The Hall–Kier alpha value is -1.54. The van der Waals surface area contributed by atoms with Gasteiger partial charge in [0, 0.05) is 0 Å². The van der Waals surface area contributed by atoms with Crippen LogP contribution in [0.1, 0.15) is 58.9 Å². The summed E-state index contributed by atoms with van der Waals surface area (Å²) in [5, 5.41) is 17.9. The summed E-state index contributed by atoms with van der Waals surface area (Å²) >= 11 is 0. The van der Waals surface area contributed by atoms with Gasteiger partial charge >= 0.3 is 0 Å². The lowest BCUT2D eigenvalue weighted by atomic mass is 10.1. The molecule has 124 valence electrons. The predicted molar refractivity (Wildman–Crippen MR) is 96.2 cm³/mol. The van der Waals surface area contributed by atoms with Crippen molar-refractivity contribution < 1.29 is 10.2 Å². The quantitative estimate of drug-likeness (QED) is 0.661. The molecule has 2 nitrogen and oxygen atoms in total. The Balaban J connectivity index is 0.000000401. The number of aryl methyl sites for hydroxylation is 1. The topological polar surface area (TPSA) is 40.5 Å². The first kappa shape index (κ1) is 20.5. The number of aliphatic hydroxyl groups is 1. The third-order valence-corrected chi connectivity index (χ3v) is 3.32. The molecule has 22 heavy (non-hydrogen) atoms. The molecule has 0 aliphatic carbocycles. The van der Waals surface area contributed by atoms with Gasteiger partial charge in [-0.3, -0.25) is 0 Å². The Kier molecular flexibility index (Phi) is 12.2. The number of para-hydroxylation sites is 1. The molecular formula is C20H32O2. The fourth-order valence-electron chi connectivity index (χ4n) is 1.94. The highest BCUT2D eigenvalue weighted by atomic mass is 16.3. The van der Waals surface area contributed by atoms with E-state index < -0.39 is 0 Å². The molecule has 0 aliphatic rings. The summed E-state index contributed by atoms with van der Waals surface area (Å²) in [6, 6.07) is 7.53. The van der Waals surface area contributed by atoms with Crippen molar-refractivity contribution in [1.82, 2.24) is 0 Å². The maximum Gasteiger partial charge on any atom is 0.118 e. The maximum absolute atomic E-state index is 9.34. The minimum Gasteiger partial charge on any atom is -0.508 e. The molecule has 1 rings (SSSR count). The molecule has 2 N–H and O–H groups in total. The minimum absolute atomic E-state index is 0.167. The lowest BCUT2D eigenvalue weighted by Gasteiger charge is -2.01. The van der Waals surface area contributed by atoms with Gasteiger partial charge in [0.2, 0.25) is 0 Å². The van der Waals surface area contributed by atoms with Crippen LogP contribution >= 0.6 is 0 Å². The van der Waals surface area contributed by atoms with Crippen molar-refractivity contribution >= 4 is 0 Å².